The standard InChI is InChI=1S/C6H11BFNO/c8-6-1-3-9(4-2-6)5-7-10/h6H,1-5H2. The molecule has 0 N–H and O–H groups in total. The van der Waals surface area contributed by atoms with E-state index >= 15 is 0 Å². The monoisotopic (exact) mass is 143 g/mol. The van der Waals surface area contributed by atoms with Crippen LogP contribution >= 0.6 is 0 Å². The van der Waals surface area contributed by atoms with Crippen LogP contribution in [0.25, 0.3) is 0 Å². The van der Waals surface area contributed by atoms with Gasteiger partial charge < -0.3 is 0 Å². The Labute approximate surface area is 60.6 Å². The quantitative estimate of drug-likeness (QED) is 0.522. The summed E-state index contributed by atoms with van der Waals surface area (Å²) >= 11 is 0. The van der Waals surface area contributed by atoms with Crippen LogP contribution < -0.4 is 0 Å². The average Bonchev–Trinajstić information content (AvgIpc) is 1.95. The Balaban J connectivity index is 2.19. The summed E-state index contributed by atoms with van der Waals surface area (Å²) in [7, 11) is 0.874. The first kappa shape index (κ1) is 7.86. The van der Waals surface area contributed by atoms with Crippen molar-refractivity contribution in [2.45, 2.75) is 19.0 Å². The molecule has 1 heterocycles. The molecule has 2 nitrogen and oxygen atoms in total. The first-order valence-corrected chi connectivity index (χ1v) is 3.63. The Hall–Kier alpha value is -0.245. The Morgan fingerprint density at radius 1 is 1.50 bits per heavy atom. The summed E-state index contributed by atoms with van der Waals surface area (Å²) in [5.74, 6) is 0. The predicted octanol–water partition coefficient (Wildman–Crippen LogP) is 0.427. The minimum absolute atomic E-state index is 0.465. The molecular formula is C6H11BFNO. The van der Waals surface area contributed by atoms with E-state index in [1.54, 1.807) is 0 Å². The van der Waals surface area contributed by atoms with Gasteiger partial charge in [-0.15, -0.1) is 0 Å². The number of hydrogen-bond donors (Lipinski definition) is 0. The van der Waals surface area contributed by atoms with Crippen molar-refractivity contribution >= 4 is 7.15 Å². The van der Waals surface area contributed by atoms with Crippen LogP contribution in [0.15, 0.2) is 0 Å². The predicted molar refractivity (Wildman–Crippen MR) is 37.0 cm³/mol. The van der Waals surface area contributed by atoms with Gasteiger partial charge in [0.05, 0.1) is 0 Å². The molecule has 0 atom stereocenters. The number of piperidine rings is 1. The first-order chi connectivity index (χ1) is 4.83. The molecule has 56 valence electrons. The van der Waals surface area contributed by atoms with Crippen LogP contribution in [-0.2, 0) is 4.70 Å². The Morgan fingerprint density at radius 3 is 2.60 bits per heavy atom. The fraction of sp³-hybridized carbons (Fsp3) is 1.00. The van der Waals surface area contributed by atoms with Crippen molar-refractivity contribution in [3.05, 3.63) is 0 Å². The number of halogens is 1. The number of likely N-dealkylation sites (tertiary alicyclic amines) is 1. The summed E-state index contributed by atoms with van der Waals surface area (Å²) in [6.45, 7) is 1.47. The van der Waals surface area contributed by atoms with Gasteiger partial charge >= 0.3 is 59.7 Å². The fourth-order valence-corrected chi connectivity index (χ4v) is 1.19. The fourth-order valence-electron chi connectivity index (χ4n) is 1.19. The Bertz CT molecular complexity index is 114. The van der Waals surface area contributed by atoms with Gasteiger partial charge in [-0.1, -0.05) is 0 Å². The number of alkyl halides is 1. The first-order valence-electron chi connectivity index (χ1n) is 3.63. The maximum atomic E-state index is 12.5. The molecule has 0 aromatic heterocycles. The zero-order valence-electron chi connectivity index (χ0n) is 5.92. The van der Waals surface area contributed by atoms with Crippen LogP contribution in [0.5, 0.6) is 0 Å². The summed E-state index contributed by atoms with van der Waals surface area (Å²) in [6.07, 6.45) is 1.01. The van der Waals surface area contributed by atoms with Crippen molar-refractivity contribution in [3.8, 4) is 0 Å². The third-order valence-electron chi connectivity index (χ3n) is 1.85. The van der Waals surface area contributed by atoms with Gasteiger partial charge in [0.25, 0.3) is 0 Å². The average molecular weight is 143 g/mol. The molecule has 1 fully saturated rings. The number of nitrogens with zero attached hydrogens (tertiary/aromatic N) is 1. The summed E-state index contributed by atoms with van der Waals surface area (Å²) in [4.78, 5) is 1.98. The van der Waals surface area contributed by atoms with Gasteiger partial charge in [0.15, 0.2) is 0 Å². The zero-order chi connectivity index (χ0) is 7.40. The van der Waals surface area contributed by atoms with Crippen LogP contribution in [0.1, 0.15) is 12.8 Å². The molecule has 1 saturated heterocycles. The van der Waals surface area contributed by atoms with E-state index in [1.807, 2.05) is 4.90 Å². The summed E-state index contributed by atoms with van der Waals surface area (Å²) in [6, 6.07) is 0. The van der Waals surface area contributed by atoms with E-state index in [0.29, 0.717) is 19.3 Å². The minimum atomic E-state index is -0.636. The molecule has 0 aromatic carbocycles. The summed E-state index contributed by atoms with van der Waals surface area (Å²) in [5, 5.41) is 0. The second kappa shape index (κ2) is 3.81. The molecule has 1 aliphatic rings. The second-order valence-corrected chi connectivity index (χ2v) is 2.64. The van der Waals surface area contributed by atoms with E-state index in [9.17, 15) is 9.10 Å². The van der Waals surface area contributed by atoms with E-state index in [4.69, 9.17) is 0 Å². The van der Waals surface area contributed by atoms with E-state index < -0.39 is 6.17 Å². The van der Waals surface area contributed by atoms with Crippen molar-refractivity contribution in [1.82, 2.24) is 4.90 Å². The third kappa shape index (κ3) is 2.18. The van der Waals surface area contributed by atoms with E-state index in [1.165, 1.54) is 0 Å². The summed E-state index contributed by atoms with van der Waals surface area (Å²) < 4.78 is 22.5. The molecule has 0 amide bonds. The van der Waals surface area contributed by atoms with E-state index in [2.05, 4.69) is 0 Å². The van der Waals surface area contributed by atoms with Gasteiger partial charge in [-0.3, -0.25) is 0 Å². The van der Waals surface area contributed by atoms with Crippen molar-refractivity contribution in [3.63, 3.8) is 0 Å². The van der Waals surface area contributed by atoms with Gasteiger partial charge in [-0.2, -0.15) is 0 Å². The molecule has 0 unspecified atom stereocenters. The van der Waals surface area contributed by atoms with Crippen LogP contribution in [0, 0.1) is 0 Å². The van der Waals surface area contributed by atoms with Crippen LogP contribution in [0.4, 0.5) is 4.39 Å². The summed E-state index contributed by atoms with van der Waals surface area (Å²) in [5.41, 5.74) is 0. The molecule has 4 heteroatoms. The van der Waals surface area contributed by atoms with Gasteiger partial charge in [-0.25, -0.2) is 0 Å². The van der Waals surface area contributed by atoms with Crippen LogP contribution in [0.3, 0.4) is 0 Å². The molecule has 1 rings (SSSR count). The molecule has 1 aliphatic heterocycles. The zero-order valence-corrected chi connectivity index (χ0v) is 5.92. The number of rotatable bonds is 2. The van der Waals surface area contributed by atoms with Crippen molar-refractivity contribution in [2.24, 2.45) is 0 Å². The van der Waals surface area contributed by atoms with Crippen molar-refractivity contribution in [2.75, 3.05) is 19.5 Å². The Kier molecular flexibility index (Phi) is 2.99. The van der Waals surface area contributed by atoms with Gasteiger partial charge in [-0.05, 0) is 0 Å². The van der Waals surface area contributed by atoms with Crippen LogP contribution in [0.2, 0.25) is 0 Å². The topological polar surface area (TPSA) is 20.3 Å². The molecule has 0 spiro atoms. The third-order valence-corrected chi connectivity index (χ3v) is 1.85. The van der Waals surface area contributed by atoms with Gasteiger partial charge in [0.1, 0.15) is 0 Å². The molecular weight excluding hydrogens is 132 g/mol. The SMILES string of the molecule is O=BCN1CCC(F)CC1. The molecule has 0 radical (unpaired) electrons. The molecule has 0 bridgehead atoms. The molecule has 0 aliphatic carbocycles. The normalized spacial score (nSPS) is 22.5. The maximum absolute atomic E-state index is 12.5. The van der Waals surface area contributed by atoms with Gasteiger partial charge in [0.2, 0.25) is 0 Å². The second-order valence-electron chi connectivity index (χ2n) is 2.64. The Morgan fingerprint density at radius 2 is 2.10 bits per heavy atom. The van der Waals surface area contributed by atoms with Gasteiger partial charge in [0, 0.05) is 0 Å². The van der Waals surface area contributed by atoms with Crippen LogP contribution in [-0.4, -0.2) is 37.8 Å². The van der Waals surface area contributed by atoms with E-state index in [0.717, 1.165) is 20.2 Å². The van der Waals surface area contributed by atoms with Crippen molar-refractivity contribution < 1.29 is 9.10 Å². The van der Waals surface area contributed by atoms with Crippen molar-refractivity contribution in [1.29, 1.82) is 0 Å². The molecule has 10 heavy (non-hydrogen) atoms. The van der Waals surface area contributed by atoms with E-state index in [-0.39, 0.29) is 0 Å². The number of hydrogen-bond acceptors (Lipinski definition) is 2. The molecule has 0 aromatic rings. The molecule has 0 saturated carbocycles.